The van der Waals surface area contributed by atoms with Crippen molar-refractivity contribution < 1.29 is 14.3 Å². The van der Waals surface area contributed by atoms with Crippen LogP contribution in [0.5, 0.6) is 5.75 Å². The lowest BCUT2D eigenvalue weighted by molar-refractivity contribution is -0.119. The van der Waals surface area contributed by atoms with Gasteiger partial charge in [-0.15, -0.1) is 11.3 Å². The zero-order valence-corrected chi connectivity index (χ0v) is 21.6. The number of benzene rings is 1. The van der Waals surface area contributed by atoms with Gasteiger partial charge < -0.3 is 19.7 Å². The molecular formula is C27H33N5O3S. The fourth-order valence-electron chi connectivity index (χ4n) is 6.33. The molecule has 8 nitrogen and oxygen atoms in total. The second-order valence-electron chi connectivity index (χ2n) is 10.2. The fourth-order valence-corrected chi connectivity index (χ4v) is 7.26. The van der Waals surface area contributed by atoms with E-state index in [9.17, 15) is 4.79 Å². The molecule has 0 saturated carbocycles. The zero-order chi connectivity index (χ0) is 24.6. The van der Waals surface area contributed by atoms with Gasteiger partial charge in [-0.25, -0.2) is 4.98 Å². The molecule has 9 heteroatoms. The van der Waals surface area contributed by atoms with Crippen LogP contribution in [0.25, 0.3) is 21.3 Å². The van der Waals surface area contributed by atoms with Gasteiger partial charge in [0.1, 0.15) is 16.4 Å². The Morgan fingerprint density at radius 3 is 2.67 bits per heavy atom. The van der Waals surface area contributed by atoms with Gasteiger partial charge in [0.25, 0.3) is 0 Å². The summed E-state index contributed by atoms with van der Waals surface area (Å²) in [7, 11) is 3.50. The molecule has 190 valence electrons. The highest BCUT2D eigenvalue weighted by Crippen LogP contribution is 2.47. The molecule has 6 rings (SSSR count). The molecule has 0 spiro atoms. The number of ether oxygens (including phenoxy) is 2. The van der Waals surface area contributed by atoms with Crippen LogP contribution in [0.3, 0.4) is 0 Å². The van der Waals surface area contributed by atoms with Crippen LogP contribution in [0.15, 0.2) is 29.6 Å². The number of methoxy groups -OCH3 is 2. The summed E-state index contributed by atoms with van der Waals surface area (Å²) in [4.78, 5) is 26.2. The zero-order valence-electron chi connectivity index (χ0n) is 20.8. The van der Waals surface area contributed by atoms with Gasteiger partial charge >= 0.3 is 0 Å². The van der Waals surface area contributed by atoms with Gasteiger partial charge in [0.2, 0.25) is 11.9 Å². The van der Waals surface area contributed by atoms with E-state index in [-0.39, 0.29) is 11.8 Å². The number of para-hydroxylation sites is 1. The molecule has 1 amide bonds. The molecule has 2 bridgehead atoms. The largest absolute Gasteiger partial charge is 0.496 e. The van der Waals surface area contributed by atoms with E-state index in [0.29, 0.717) is 30.5 Å². The minimum absolute atomic E-state index is 0.00594. The Balaban J connectivity index is 1.45. The average molecular weight is 508 g/mol. The number of rotatable bonds is 7. The van der Waals surface area contributed by atoms with Gasteiger partial charge in [0.15, 0.2) is 0 Å². The van der Waals surface area contributed by atoms with Gasteiger partial charge in [-0.3, -0.25) is 10.1 Å². The first-order valence-corrected chi connectivity index (χ1v) is 13.8. The quantitative estimate of drug-likeness (QED) is 0.493. The SMILES string of the molecule is COCC1CC2CCC(C1)N2c1nc(NC(=O)C2CCNC2)nc2scc(-c3ccccc3OC)c12. The summed E-state index contributed by atoms with van der Waals surface area (Å²) >= 11 is 1.59. The van der Waals surface area contributed by atoms with Crippen LogP contribution in [0.1, 0.15) is 32.1 Å². The Bertz CT molecular complexity index is 1240. The second kappa shape index (κ2) is 9.95. The van der Waals surface area contributed by atoms with Crippen molar-refractivity contribution in [1.29, 1.82) is 0 Å². The highest BCUT2D eigenvalue weighted by atomic mass is 32.1. The van der Waals surface area contributed by atoms with E-state index in [1.54, 1.807) is 25.6 Å². The molecule has 3 aliphatic rings. The highest BCUT2D eigenvalue weighted by Gasteiger charge is 2.42. The number of carbonyl (C=O) groups excluding carboxylic acids is 1. The first-order chi connectivity index (χ1) is 17.7. The number of piperidine rings is 1. The van der Waals surface area contributed by atoms with E-state index in [0.717, 1.165) is 78.2 Å². The highest BCUT2D eigenvalue weighted by molar-refractivity contribution is 7.17. The van der Waals surface area contributed by atoms with Gasteiger partial charge in [-0.2, -0.15) is 4.98 Å². The predicted molar refractivity (Wildman–Crippen MR) is 143 cm³/mol. The minimum atomic E-state index is -0.0406. The number of fused-ring (bicyclic) bond motifs is 3. The summed E-state index contributed by atoms with van der Waals surface area (Å²) in [6, 6.07) is 8.92. The lowest BCUT2D eigenvalue weighted by atomic mass is 9.91. The van der Waals surface area contributed by atoms with Crippen LogP contribution in [0.2, 0.25) is 0 Å². The van der Waals surface area contributed by atoms with Crippen molar-refractivity contribution in [1.82, 2.24) is 15.3 Å². The molecule has 2 aromatic heterocycles. The number of hydrogen-bond donors (Lipinski definition) is 2. The summed E-state index contributed by atoms with van der Waals surface area (Å²) in [5.41, 5.74) is 2.12. The van der Waals surface area contributed by atoms with Gasteiger partial charge in [0, 0.05) is 48.9 Å². The Kier molecular flexibility index (Phi) is 6.54. The molecule has 3 atom stereocenters. The van der Waals surface area contributed by atoms with Gasteiger partial charge in [-0.05, 0) is 50.6 Å². The molecule has 2 N–H and O–H groups in total. The Morgan fingerprint density at radius 2 is 1.94 bits per heavy atom. The number of amides is 1. The van der Waals surface area contributed by atoms with Crippen LogP contribution < -0.4 is 20.3 Å². The topological polar surface area (TPSA) is 88.6 Å². The summed E-state index contributed by atoms with van der Waals surface area (Å²) in [5, 5.41) is 9.50. The standard InChI is InChI=1S/C27H33N5O3S/c1-34-14-16-11-18-7-8-19(12-16)32(18)24-23-21(20-5-3-4-6-22(20)35-2)15-36-26(23)31-27(29-24)30-25(33)17-9-10-28-13-17/h3-6,15-19,28H,7-14H2,1-2H3,(H,29,30,31,33). The van der Waals surface area contributed by atoms with E-state index < -0.39 is 0 Å². The van der Waals surface area contributed by atoms with Crippen molar-refractivity contribution in [3.05, 3.63) is 29.6 Å². The summed E-state index contributed by atoms with van der Waals surface area (Å²) < 4.78 is 11.2. The average Bonchev–Trinajstić information content (AvgIpc) is 3.62. The van der Waals surface area contributed by atoms with Crippen molar-refractivity contribution in [2.24, 2.45) is 11.8 Å². The Hall–Kier alpha value is -2.75. The number of thiophene rings is 1. The number of carbonyl (C=O) groups is 1. The molecule has 3 unspecified atom stereocenters. The summed E-state index contributed by atoms with van der Waals surface area (Å²) in [5.74, 6) is 2.70. The van der Waals surface area contributed by atoms with Crippen LogP contribution >= 0.6 is 11.3 Å². The predicted octanol–water partition coefficient (Wildman–Crippen LogP) is 4.31. The third kappa shape index (κ3) is 4.23. The molecule has 36 heavy (non-hydrogen) atoms. The van der Waals surface area contributed by atoms with Crippen LogP contribution in [0, 0.1) is 11.8 Å². The molecule has 3 saturated heterocycles. The van der Waals surface area contributed by atoms with Crippen LogP contribution in [-0.4, -0.2) is 61.9 Å². The Labute approximate surface area is 215 Å². The number of hydrogen-bond acceptors (Lipinski definition) is 8. The molecule has 1 aromatic carbocycles. The molecule has 0 radical (unpaired) electrons. The second-order valence-corrected chi connectivity index (χ2v) is 11.0. The van der Waals surface area contributed by atoms with E-state index >= 15 is 0 Å². The molecule has 0 aliphatic carbocycles. The van der Waals surface area contributed by atoms with Crippen LogP contribution in [0.4, 0.5) is 11.8 Å². The molecule has 3 fully saturated rings. The summed E-state index contributed by atoms with van der Waals surface area (Å²) in [6.45, 7) is 2.38. The number of aromatic nitrogens is 2. The summed E-state index contributed by atoms with van der Waals surface area (Å²) in [6.07, 6.45) is 5.34. The number of anilines is 2. The number of nitrogens with zero attached hydrogens (tertiary/aromatic N) is 3. The number of nitrogens with one attached hydrogen (secondary N) is 2. The van der Waals surface area contributed by atoms with Crippen molar-refractivity contribution in [2.75, 3.05) is 44.1 Å². The maximum atomic E-state index is 12.9. The lowest BCUT2D eigenvalue weighted by Crippen LogP contribution is -2.44. The molecule has 3 aromatic rings. The molecular weight excluding hydrogens is 474 g/mol. The maximum absolute atomic E-state index is 12.9. The normalized spacial score (nSPS) is 25.4. The maximum Gasteiger partial charge on any atom is 0.232 e. The van der Waals surface area contributed by atoms with Crippen molar-refractivity contribution >= 4 is 39.2 Å². The van der Waals surface area contributed by atoms with E-state index in [1.807, 2.05) is 18.2 Å². The van der Waals surface area contributed by atoms with Gasteiger partial charge in [-0.1, -0.05) is 18.2 Å². The Morgan fingerprint density at radius 1 is 1.14 bits per heavy atom. The molecule has 3 aliphatic heterocycles. The van der Waals surface area contributed by atoms with E-state index in [4.69, 9.17) is 19.4 Å². The van der Waals surface area contributed by atoms with Crippen LogP contribution in [-0.2, 0) is 9.53 Å². The fraction of sp³-hybridized carbons (Fsp3) is 0.519. The third-order valence-corrected chi connectivity index (χ3v) is 8.83. The first-order valence-electron chi connectivity index (χ1n) is 12.9. The smallest absolute Gasteiger partial charge is 0.232 e. The van der Waals surface area contributed by atoms with Crippen molar-refractivity contribution in [3.63, 3.8) is 0 Å². The van der Waals surface area contributed by atoms with E-state index in [1.165, 1.54) is 0 Å². The van der Waals surface area contributed by atoms with Crippen molar-refractivity contribution in [2.45, 2.75) is 44.2 Å². The lowest BCUT2D eigenvalue weighted by Gasteiger charge is -2.40. The monoisotopic (exact) mass is 507 g/mol. The first kappa shape index (κ1) is 23.6. The third-order valence-electron chi connectivity index (χ3n) is 7.96. The van der Waals surface area contributed by atoms with Gasteiger partial charge in [0.05, 0.1) is 18.4 Å². The van der Waals surface area contributed by atoms with Crippen molar-refractivity contribution in [3.8, 4) is 16.9 Å². The minimum Gasteiger partial charge on any atom is -0.496 e. The molecule has 5 heterocycles. The van der Waals surface area contributed by atoms with E-state index in [2.05, 4.69) is 27.0 Å².